The van der Waals surface area contributed by atoms with Crippen LogP contribution >= 0.6 is 0 Å². The third-order valence-corrected chi connectivity index (χ3v) is 2.54. The molecule has 1 aliphatic heterocycles. The van der Waals surface area contributed by atoms with E-state index >= 15 is 0 Å². The molecule has 2 amide bonds. The number of rotatable bonds is 2. The number of aryl methyl sites for hydroxylation is 1. The van der Waals surface area contributed by atoms with Gasteiger partial charge in [0.15, 0.2) is 0 Å². The van der Waals surface area contributed by atoms with Crippen LogP contribution in [-0.2, 0) is 9.59 Å². The van der Waals surface area contributed by atoms with Gasteiger partial charge in [-0.3, -0.25) is 19.9 Å². The van der Waals surface area contributed by atoms with Gasteiger partial charge in [-0.1, -0.05) is 0 Å². The summed E-state index contributed by atoms with van der Waals surface area (Å²) in [5, 5.41) is 11.2. The lowest BCUT2D eigenvalue weighted by molar-refractivity contribution is -0.130. The maximum absolute atomic E-state index is 11.3. The minimum absolute atomic E-state index is 0.0249. The molecular formula is C11H11N3O4. The minimum Gasteiger partial charge on any atom is -0.478 e. The zero-order valence-electron chi connectivity index (χ0n) is 9.64. The number of anilines is 1. The zero-order chi connectivity index (χ0) is 13.3. The lowest BCUT2D eigenvalue weighted by Gasteiger charge is -2.28. The molecule has 1 aliphatic rings. The molecule has 7 nitrogen and oxygen atoms in total. The van der Waals surface area contributed by atoms with Gasteiger partial charge in [-0.05, 0) is 13.0 Å². The fraction of sp³-hybridized carbons (Fsp3) is 0.273. The van der Waals surface area contributed by atoms with Gasteiger partial charge in [-0.15, -0.1) is 0 Å². The number of imide groups is 1. The Balaban J connectivity index is 2.42. The van der Waals surface area contributed by atoms with E-state index in [4.69, 9.17) is 5.11 Å². The van der Waals surface area contributed by atoms with Crippen molar-refractivity contribution in [3.05, 3.63) is 23.5 Å². The Morgan fingerprint density at radius 3 is 2.56 bits per heavy atom. The minimum atomic E-state index is -1.14. The second kappa shape index (κ2) is 4.44. The molecule has 1 aromatic rings. The fourth-order valence-corrected chi connectivity index (χ4v) is 1.78. The number of amides is 2. The smallest absolute Gasteiger partial charge is 0.339 e. The number of piperazine rings is 1. The van der Waals surface area contributed by atoms with Crippen LogP contribution in [0.25, 0.3) is 0 Å². The number of hydrogen-bond donors (Lipinski definition) is 2. The zero-order valence-corrected chi connectivity index (χ0v) is 9.64. The molecular weight excluding hydrogens is 238 g/mol. The molecule has 1 saturated heterocycles. The van der Waals surface area contributed by atoms with E-state index in [1.807, 2.05) is 0 Å². The highest BCUT2D eigenvalue weighted by Gasteiger charge is 2.26. The second-order valence-corrected chi connectivity index (χ2v) is 3.98. The SMILES string of the molecule is Cc1cc(N2CC(=O)NC(=O)C2)c(C(=O)O)cn1. The van der Waals surface area contributed by atoms with Crippen molar-refractivity contribution in [1.82, 2.24) is 10.3 Å². The molecule has 2 N–H and O–H groups in total. The number of pyridine rings is 1. The Morgan fingerprint density at radius 1 is 1.39 bits per heavy atom. The summed E-state index contributed by atoms with van der Waals surface area (Å²) in [7, 11) is 0. The van der Waals surface area contributed by atoms with Gasteiger partial charge in [0.2, 0.25) is 11.8 Å². The number of carboxylic acid groups (broad SMARTS) is 1. The van der Waals surface area contributed by atoms with Crippen molar-refractivity contribution < 1.29 is 19.5 Å². The third-order valence-electron chi connectivity index (χ3n) is 2.54. The number of aromatic nitrogens is 1. The lowest BCUT2D eigenvalue weighted by atomic mass is 10.1. The van der Waals surface area contributed by atoms with Crippen LogP contribution in [0.1, 0.15) is 16.1 Å². The molecule has 2 rings (SSSR count). The average molecular weight is 249 g/mol. The predicted octanol–water partition coefficient (Wildman–Crippen LogP) is -0.449. The second-order valence-electron chi connectivity index (χ2n) is 3.98. The molecule has 7 heteroatoms. The van der Waals surface area contributed by atoms with Crippen molar-refractivity contribution >= 4 is 23.5 Å². The van der Waals surface area contributed by atoms with Crippen LogP contribution in [0.5, 0.6) is 0 Å². The number of carbonyl (C=O) groups excluding carboxylic acids is 2. The van der Waals surface area contributed by atoms with Gasteiger partial charge >= 0.3 is 5.97 Å². The van der Waals surface area contributed by atoms with Crippen molar-refractivity contribution in [2.24, 2.45) is 0 Å². The number of carboxylic acids is 1. The Hall–Kier alpha value is -2.44. The molecule has 2 heterocycles. The topological polar surface area (TPSA) is 99.6 Å². The summed E-state index contributed by atoms with van der Waals surface area (Å²) >= 11 is 0. The third kappa shape index (κ3) is 2.29. The maximum atomic E-state index is 11.3. The van der Waals surface area contributed by atoms with Crippen molar-refractivity contribution in [2.45, 2.75) is 6.92 Å². The highest BCUT2D eigenvalue weighted by Crippen LogP contribution is 2.21. The first-order chi connectivity index (χ1) is 8.47. The molecule has 0 aromatic carbocycles. The van der Waals surface area contributed by atoms with E-state index in [1.165, 1.54) is 11.1 Å². The molecule has 0 aliphatic carbocycles. The molecule has 1 fully saturated rings. The first-order valence-corrected chi connectivity index (χ1v) is 5.25. The van der Waals surface area contributed by atoms with E-state index in [0.29, 0.717) is 11.4 Å². The summed E-state index contributed by atoms with van der Waals surface area (Å²) in [6, 6.07) is 1.55. The van der Waals surface area contributed by atoms with Crippen molar-refractivity contribution in [3.63, 3.8) is 0 Å². The van der Waals surface area contributed by atoms with Crippen LogP contribution in [0.3, 0.4) is 0 Å². The Labute approximate surface area is 102 Å². The van der Waals surface area contributed by atoms with Crippen molar-refractivity contribution in [1.29, 1.82) is 0 Å². The largest absolute Gasteiger partial charge is 0.478 e. The van der Waals surface area contributed by atoms with Crippen LogP contribution in [0.2, 0.25) is 0 Å². The quantitative estimate of drug-likeness (QED) is 0.689. The molecule has 94 valence electrons. The predicted molar refractivity (Wildman–Crippen MR) is 61.3 cm³/mol. The van der Waals surface area contributed by atoms with Crippen LogP contribution in [0.15, 0.2) is 12.3 Å². The molecule has 0 spiro atoms. The number of nitrogens with zero attached hydrogens (tertiary/aromatic N) is 2. The summed E-state index contributed by atoms with van der Waals surface area (Å²) in [6.45, 7) is 1.62. The van der Waals surface area contributed by atoms with Gasteiger partial charge in [0.25, 0.3) is 0 Å². The van der Waals surface area contributed by atoms with E-state index in [-0.39, 0.29) is 18.7 Å². The summed E-state index contributed by atoms with van der Waals surface area (Å²) in [6.07, 6.45) is 1.23. The van der Waals surface area contributed by atoms with Crippen molar-refractivity contribution in [2.75, 3.05) is 18.0 Å². The number of hydrogen-bond acceptors (Lipinski definition) is 5. The van der Waals surface area contributed by atoms with Crippen LogP contribution in [0.4, 0.5) is 5.69 Å². The first-order valence-electron chi connectivity index (χ1n) is 5.25. The molecule has 0 saturated carbocycles. The standard InChI is InChI=1S/C11H11N3O4/c1-6-2-8(7(3-12-6)11(17)18)14-4-9(15)13-10(16)5-14/h2-3H,4-5H2,1H3,(H,17,18)(H,13,15,16). The Kier molecular flexibility index (Phi) is 2.97. The molecule has 0 atom stereocenters. The summed E-state index contributed by atoms with van der Waals surface area (Å²) in [4.78, 5) is 39.0. The van der Waals surface area contributed by atoms with Gasteiger partial charge < -0.3 is 10.0 Å². The van der Waals surface area contributed by atoms with E-state index in [9.17, 15) is 14.4 Å². The highest BCUT2D eigenvalue weighted by molar-refractivity contribution is 6.04. The van der Waals surface area contributed by atoms with Gasteiger partial charge in [0, 0.05) is 11.9 Å². The van der Waals surface area contributed by atoms with E-state index in [2.05, 4.69) is 10.3 Å². The average Bonchev–Trinajstić information content (AvgIpc) is 2.27. The van der Waals surface area contributed by atoms with Gasteiger partial charge in [-0.25, -0.2) is 4.79 Å². The fourth-order valence-electron chi connectivity index (χ4n) is 1.78. The number of nitrogens with one attached hydrogen (secondary N) is 1. The van der Waals surface area contributed by atoms with Gasteiger partial charge in [0.05, 0.1) is 18.8 Å². The van der Waals surface area contributed by atoms with Crippen molar-refractivity contribution in [3.8, 4) is 0 Å². The Bertz CT molecular complexity index is 525. The van der Waals surface area contributed by atoms with Crippen LogP contribution in [-0.4, -0.2) is 41.0 Å². The van der Waals surface area contributed by atoms with E-state index in [1.54, 1.807) is 13.0 Å². The lowest BCUT2D eigenvalue weighted by Crippen LogP contribution is -2.51. The first kappa shape index (κ1) is 12.0. The molecule has 1 aromatic heterocycles. The molecule has 18 heavy (non-hydrogen) atoms. The highest BCUT2D eigenvalue weighted by atomic mass is 16.4. The summed E-state index contributed by atoms with van der Waals surface area (Å²) < 4.78 is 0. The normalized spacial score (nSPS) is 15.5. The van der Waals surface area contributed by atoms with Crippen LogP contribution in [0, 0.1) is 6.92 Å². The molecule has 0 radical (unpaired) electrons. The molecule has 0 unspecified atom stereocenters. The van der Waals surface area contributed by atoms with E-state index in [0.717, 1.165) is 0 Å². The number of carbonyl (C=O) groups is 3. The van der Waals surface area contributed by atoms with Crippen LogP contribution < -0.4 is 10.2 Å². The molecule has 0 bridgehead atoms. The summed E-state index contributed by atoms with van der Waals surface area (Å²) in [5.41, 5.74) is 0.926. The Morgan fingerprint density at radius 2 is 2.00 bits per heavy atom. The van der Waals surface area contributed by atoms with Gasteiger partial charge in [0.1, 0.15) is 5.56 Å². The monoisotopic (exact) mass is 249 g/mol. The number of aromatic carboxylic acids is 1. The van der Waals surface area contributed by atoms with E-state index < -0.39 is 17.8 Å². The maximum Gasteiger partial charge on any atom is 0.339 e. The van der Waals surface area contributed by atoms with Gasteiger partial charge in [-0.2, -0.15) is 0 Å². The summed E-state index contributed by atoms with van der Waals surface area (Å²) in [5.74, 6) is -2.04.